The molecule has 0 spiro atoms. The van der Waals surface area contributed by atoms with Crippen LogP contribution in [0.1, 0.15) is 0 Å². The molecule has 0 unspecified atom stereocenters. The van der Waals surface area contributed by atoms with E-state index in [0.29, 0.717) is 16.8 Å². The zero-order valence-electron chi connectivity index (χ0n) is 10.9. The van der Waals surface area contributed by atoms with Crippen LogP contribution >= 0.6 is 0 Å². The third kappa shape index (κ3) is 2.64. The lowest BCUT2D eigenvalue weighted by molar-refractivity contribution is -0.116. The summed E-state index contributed by atoms with van der Waals surface area (Å²) in [6.07, 6.45) is 0. The van der Waals surface area contributed by atoms with Crippen molar-refractivity contribution in [1.29, 1.82) is 0 Å². The molecule has 0 fully saturated rings. The molecular weight excluding hydrogens is 272 g/mol. The van der Waals surface area contributed by atoms with Gasteiger partial charge in [0.1, 0.15) is 12.3 Å². The van der Waals surface area contributed by atoms with Crippen molar-refractivity contribution >= 4 is 22.7 Å². The van der Waals surface area contributed by atoms with Crippen molar-refractivity contribution in [2.24, 2.45) is 0 Å². The smallest absolute Gasteiger partial charge is 0.420 e. The van der Waals surface area contributed by atoms with Gasteiger partial charge in [0.25, 0.3) is 0 Å². The molecule has 0 aliphatic carbocycles. The minimum absolute atomic E-state index is 0.0544. The summed E-state index contributed by atoms with van der Waals surface area (Å²) in [7, 11) is 0. The number of hydrogen-bond donors (Lipinski definition) is 2. The lowest BCUT2D eigenvalue weighted by Crippen LogP contribution is -2.24. The average molecular weight is 284 g/mol. The Morgan fingerprint density at radius 3 is 2.81 bits per heavy atom. The normalized spacial score (nSPS) is 10.7. The SMILES string of the molecule is O=C(Cn1c(=O)oc2ccccc21)Nc1cccc(O)c1. The van der Waals surface area contributed by atoms with Gasteiger partial charge in [0, 0.05) is 11.8 Å². The van der Waals surface area contributed by atoms with E-state index in [-0.39, 0.29) is 18.2 Å². The molecule has 1 aromatic heterocycles. The highest BCUT2D eigenvalue weighted by molar-refractivity contribution is 5.91. The fourth-order valence-corrected chi connectivity index (χ4v) is 2.09. The standard InChI is InChI=1S/C15H12N2O4/c18-11-5-3-4-10(8-11)16-14(19)9-17-12-6-1-2-7-13(12)21-15(17)20/h1-8,18H,9H2,(H,16,19). The maximum absolute atomic E-state index is 12.0. The Morgan fingerprint density at radius 1 is 1.19 bits per heavy atom. The van der Waals surface area contributed by atoms with Crippen LogP contribution < -0.4 is 11.1 Å². The number of hydrogen-bond acceptors (Lipinski definition) is 4. The molecule has 3 aromatic rings. The summed E-state index contributed by atoms with van der Waals surface area (Å²) >= 11 is 0. The monoisotopic (exact) mass is 284 g/mol. The number of fused-ring (bicyclic) bond motifs is 1. The molecule has 0 saturated carbocycles. The zero-order chi connectivity index (χ0) is 14.8. The number of amides is 1. The molecular formula is C15H12N2O4. The zero-order valence-corrected chi connectivity index (χ0v) is 10.9. The second-order valence-electron chi connectivity index (χ2n) is 4.52. The van der Waals surface area contributed by atoms with Crippen LogP contribution in [0.25, 0.3) is 11.1 Å². The molecule has 1 heterocycles. The predicted octanol–water partition coefficient (Wildman–Crippen LogP) is 1.94. The summed E-state index contributed by atoms with van der Waals surface area (Å²) in [6.45, 7) is -0.161. The summed E-state index contributed by atoms with van der Waals surface area (Å²) < 4.78 is 6.31. The minimum Gasteiger partial charge on any atom is -0.508 e. The number of oxazole rings is 1. The molecule has 3 rings (SSSR count). The number of rotatable bonds is 3. The number of phenols is 1. The van der Waals surface area contributed by atoms with Gasteiger partial charge in [-0.05, 0) is 24.3 Å². The summed E-state index contributed by atoms with van der Waals surface area (Å²) in [4.78, 5) is 23.7. The van der Waals surface area contributed by atoms with E-state index in [4.69, 9.17) is 4.42 Å². The van der Waals surface area contributed by atoms with Crippen LogP contribution in [0.3, 0.4) is 0 Å². The van der Waals surface area contributed by atoms with Gasteiger partial charge in [0.15, 0.2) is 5.58 Å². The van der Waals surface area contributed by atoms with Gasteiger partial charge in [-0.15, -0.1) is 0 Å². The Balaban J connectivity index is 1.84. The second kappa shape index (κ2) is 5.16. The Morgan fingerprint density at radius 2 is 2.00 bits per heavy atom. The molecule has 0 atom stereocenters. The van der Waals surface area contributed by atoms with Crippen LogP contribution in [0.2, 0.25) is 0 Å². The number of nitrogens with one attached hydrogen (secondary N) is 1. The van der Waals surface area contributed by atoms with Gasteiger partial charge < -0.3 is 14.8 Å². The number of aromatic hydroxyl groups is 1. The number of phenolic OH excluding ortho intramolecular Hbond substituents is 1. The van der Waals surface area contributed by atoms with Crippen LogP contribution in [0.5, 0.6) is 5.75 Å². The molecule has 0 aliphatic heterocycles. The van der Waals surface area contributed by atoms with E-state index in [2.05, 4.69) is 5.32 Å². The van der Waals surface area contributed by atoms with Crippen molar-refractivity contribution in [1.82, 2.24) is 4.57 Å². The number of anilines is 1. The largest absolute Gasteiger partial charge is 0.508 e. The first-order chi connectivity index (χ1) is 10.1. The molecule has 6 heteroatoms. The van der Waals surface area contributed by atoms with Crippen LogP contribution in [-0.2, 0) is 11.3 Å². The van der Waals surface area contributed by atoms with Gasteiger partial charge in [-0.1, -0.05) is 18.2 Å². The van der Waals surface area contributed by atoms with E-state index in [1.165, 1.54) is 16.7 Å². The van der Waals surface area contributed by atoms with Gasteiger partial charge in [-0.3, -0.25) is 9.36 Å². The Bertz CT molecular complexity index is 863. The highest BCUT2D eigenvalue weighted by atomic mass is 16.4. The van der Waals surface area contributed by atoms with Crippen LogP contribution in [0.15, 0.2) is 57.7 Å². The van der Waals surface area contributed by atoms with Crippen molar-refractivity contribution in [3.05, 3.63) is 59.1 Å². The maximum Gasteiger partial charge on any atom is 0.420 e. The average Bonchev–Trinajstić information content (AvgIpc) is 2.75. The van der Waals surface area contributed by atoms with Crippen molar-refractivity contribution in [2.75, 3.05) is 5.32 Å². The summed E-state index contributed by atoms with van der Waals surface area (Å²) in [5.41, 5.74) is 1.46. The Labute approximate surface area is 119 Å². The predicted molar refractivity (Wildman–Crippen MR) is 77.2 cm³/mol. The molecule has 2 N–H and O–H groups in total. The van der Waals surface area contributed by atoms with Crippen molar-refractivity contribution in [3.8, 4) is 5.75 Å². The molecule has 21 heavy (non-hydrogen) atoms. The molecule has 0 radical (unpaired) electrons. The number of benzene rings is 2. The molecule has 0 aliphatic rings. The van der Waals surface area contributed by atoms with E-state index in [0.717, 1.165) is 0 Å². The van der Waals surface area contributed by atoms with E-state index < -0.39 is 5.76 Å². The first-order valence-electron chi connectivity index (χ1n) is 6.31. The van der Waals surface area contributed by atoms with E-state index in [1.807, 2.05) is 0 Å². The van der Waals surface area contributed by atoms with Crippen molar-refractivity contribution < 1.29 is 14.3 Å². The fraction of sp³-hybridized carbons (Fsp3) is 0.0667. The third-order valence-corrected chi connectivity index (χ3v) is 3.01. The number of para-hydroxylation sites is 2. The summed E-state index contributed by atoms with van der Waals surface area (Å²) in [5.74, 6) is -0.907. The highest BCUT2D eigenvalue weighted by Gasteiger charge is 2.12. The Hall–Kier alpha value is -3.02. The molecule has 0 bridgehead atoms. The van der Waals surface area contributed by atoms with Gasteiger partial charge in [-0.2, -0.15) is 0 Å². The van der Waals surface area contributed by atoms with Gasteiger partial charge in [0.05, 0.1) is 5.52 Å². The lowest BCUT2D eigenvalue weighted by atomic mass is 10.3. The van der Waals surface area contributed by atoms with E-state index in [1.54, 1.807) is 36.4 Å². The molecule has 106 valence electrons. The van der Waals surface area contributed by atoms with Crippen LogP contribution in [-0.4, -0.2) is 15.6 Å². The van der Waals surface area contributed by atoms with Gasteiger partial charge in [-0.25, -0.2) is 4.79 Å². The highest BCUT2D eigenvalue weighted by Crippen LogP contribution is 2.16. The minimum atomic E-state index is -0.581. The topological polar surface area (TPSA) is 84.5 Å². The van der Waals surface area contributed by atoms with Crippen molar-refractivity contribution in [2.45, 2.75) is 6.54 Å². The summed E-state index contributed by atoms with van der Waals surface area (Å²) in [5, 5.41) is 12.0. The number of carbonyl (C=O) groups excluding carboxylic acids is 1. The number of aromatic nitrogens is 1. The Kier molecular flexibility index (Phi) is 3.19. The molecule has 6 nitrogen and oxygen atoms in total. The second-order valence-corrected chi connectivity index (χ2v) is 4.52. The van der Waals surface area contributed by atoms with Gasteiger partial charge >= 0.3 is 5.76 Å². The quantitative estimate of drug-likeness (QED) is 0.769. The van der Waals surface area contributed by atoms with Gasteiger partial charge in [0.2, 0.25) is 5.91 Å². The molecule has 0 saturated heterocycles. The maximum atomic E-state index is 12.0. The third-order valence-electron chi connectivity index (χ3n) is 3.01. The summed E-state index contributed by atoms with van der Waals surface area (Å²) in [6, 6.07) is 13.1. The van der Waals surface area contributed by atoms with Crippen molar-refractivity contribution in [3.63, 3.8) is 0 Å². The van der Waals surface area contributed by atoms with Crippen LogP contribution in [0.4, 0.5) is 5.69 Å². The molecule has 2 aromatic carbocycles. The van der Waals surface area contributed by atoms with E-state index in [9.17, 15) is 14.7 Å². The molecule has 1 amide bonds. The van der Waals surface area contributed by atoms with E-state index >= 15 is 0 Å². The number of nitrogens with zero attached hydrogens (tertiary/aromatic N) is 1. The fourth-order valence-electron chi connectivity index (χ4n) is 2.09. The number of carbonyl (C=O) groups is 1. The lowest BCUT2D eigenvalue weighted by Gasteiger charge is -2.06. The van der Waals surface area contributed by atoms with Crippen LogP contribution in [0, 0.1) is 0 Å². The first-order valence-corrected chi connectivity index (χ1v) is 6.31. The first kappa shape index (κ1) is 13.0.